The molecular weight excluding hydrogens is 260 g/mol. The lowest BCUT2D eigenvalue weighted by Gasteiger charge is -2.07. The highest BCUT2D eigenvalue weighted by atomic mass is 32.2. The molecule has 1 aromatic carbocycles. The van der Waals surface area contributed by atoms with Crippen molar-refractivity contribution in [3.05, 3.63) is 47.9 Å². The minimum atomic E-state index is 0.445. The maximum Gasteiger partial charge on any atom is 0.144 e. The zero-order valence-corrected chi connectivity index (χ0v) is 11.5. The van der Waals surface area contributed by atoms with E-state index < -0.39 is 0 Å². The van der Waals surface area contributed by atoms with Gasteiger partial charge in [0.1, 0.15) is 11.6 Å². The number of anilines is 1. The van der Waals surface area contributed by atoms with Crippen molar-refractivity contribution < 1.29 is 4.74 Å². The van der Waals surface area contributed by atoms with Crippen molar-refractivity contribution in [3.63, 3.8) is 0 Å². The molecule has 0 amide bonds. The molecule has 0 fully saturated rings. The maximum absolute atomic E-state index is 5.40. The monoisotopic (exact) mass is 276 g/mol. The Morgan fingerprint density at radius 1 is 1.26 bits per heavy atom. The first-order valence-electron chi connectivity index (χ1n) is 5.82. The van der Waals surface area contributed by atoms with Crippen LogP contribution >= 0.6 is 11.8 Å². The molecule has 0 saturated carbocycles. The number of nitrogens with two attached hydrogens (primary N) is 1. The standard InChI is InChI=1S/C13H16N4OS/c1-18-8-10-7-12(17-14)16-13(15-10)9-19-11-5-3-2-4-6-11/h2-7H,8-9,14H2,1H3,(H,15,16,17). The van der Waals surface area contributed by atoms with Gasteiger partial charge in [0.15, 0.2) is 0 Å². The molecule has 1 aromatic heterocycles. The Morgan fingerprint density at radius 3 is 2.74 bits per heavy atom. The number of nitrogen functional groups attached to an aromatic ring is 1. The summed E-state index contributed by atoms with van der Waals surface area (Å²) < 4.78 is 5.08. The van der Waals surface area contributed by atoms with Crippen molar-refractivity contribution in [1.29, 1.82) is 0 Å². The molecule has 1 heterocycles. The molecule has 6 heteroatoms. The molecule has 0 bridgehead atoms. The fraction of sp³-hybridized carbons (Fsp3) is 0.231. The average Bonchev–Trinajstić information content (AvgIpc) is 2.46. The number of thioether (sulfide) groups is 1. The second-order valence-corrected chi connectivity index (χ2v) is 4.89. The smallest absolute Gasteiger partial charge is 0.144 e. The third-order valence-electron chi connectivity index (χ3n) is 2.38. The average molecular weight is 276 g/mol. The SMILES string of the molecule is COCc1cc(NN)nc(CSc2ccccc2)n1. The first-order valence-corrected chi connectivity index (χ1v) is 6.80. The molecule has 100 valence electrons. The molecule has 0 aliphatic heterocycles. The number of rotatable bonds is 6. The Morgan fingerprint density at radius 2 is 2.05 bits per heavy atom. The van der Waals surface area contributed by atoms with Crippen LogP contribution in [0.3, 0.4) is 0 Å². The van der Waals surface area contributed by atoms with Gasteiger partial charge >= 0.3 is 0 Å². The number of ether oxygens (including phenoxy) is 1. The van der Waals surface area contributed by atoms with E-state index in [1.807, 2.05) is 18.2 Å². The molecule has 0 saturated heterocycles. The third-order valence-corrected chi connectivity index (χ3v) is 3.38. The zero-order chi connectivity index (χ0) is 13.5. The molecular formula is C13H16N4OS. The van der Waals surface area contributed by atoms with Crippen molar-refractivity contribution in [1.82, 2.24) is 9.97 Å². The molecule has 5 nitrogen and oxygen atoms in total. The number of hydrogen-bond donors (Lipinski definition) is 2. The Hall–Kier alpha value is -1.63. The number of methoxy groups -OCH3 is 1. The molecule has 2 aromatic rings. The molecule has 0 spiro atoms. The minimum absolute atomic E-state index is 0.445. The summed E-state index contributed by atoms with van der Waals surface area (Å²) in [7, 11) is 1.63. The van der Waals surface area contributed by atoms with Crippen molar-refractivity contribution in [2.24, 2.45) is 5.84 Å². The van der Waals surface area contributed by atoms with Crippen LogP contribution in [-0.4, -0.2) is 17.1 Å². The molecule has 0 aliphatic carbocycles. The second kappa shape index (κ2) is 7.08. The zero-order valence-electron chi connectivity index (χ0n) is 10.7. The van der Waals surface area contributed by atoms with Crippen LogP contribution in [0.15, 0.2) is 41.3 Å². The largest absolute Gasteiger partial charge is 0.378 e. The van der Waals surface area contributed by atoms with Gasteiger partial charge in [-0.1, -0.05) is 18.2 Å². The van der Waals surface area contributed by atoms with Gasteiger partial charge in [-0.15, -0.1) is 11.8 Å². The summed E-state index contributed by atoms with van der Waals surface area (Å²) >= 11 is 1.69. The van der Waals surface area contributed by atoms with Crippen molar-refractivity contribution >= 4 is 17.6 Å². The lowest BCUT2D eigenvalue weighted by atomic mass is 10.4. The highest BCUT2D eigenvalue weighted by Gasteiger charge is 2.05. The first kappa shape index (κ1) is 13.8. The van der Waals surface area contributed by atoms with E-state index in [2.05, 4.69) is 27.5 Å². The van der Waals surface area contributed by atoms with E-state index >= 15 is 0 Å². The topological polar surface area (TPSA) is 73.1 Å². The van der Waals surface area contributed by atoms with Gasteiger partial charge in [0.05, 0.1) is 18.1 Å². The quantitative estimate of drug-likeness (QED) is 0.479. The van der Waals surface area contributed by atoms with Gasteiger partial charge in [-0.2, -0.15) is 0 Å². The van der Waals surface area contributed by atoms with E-state index in [0.717, 1.165) is 11.5 Å². The summed E-state index contributed by atoms with van der Waals surface area (Å²) in [5.41, 5.74) is 3.36. The number of nitrogens with zero attached hydrogens (tertiary/aromatic N) is 2. The van der Waals surface area contributed by atoms with Crippen LogP contribution in [0.1, 0.15) is 11.5 Å². The Bertz CT molecular complexity index is 521. The summed E-state index contributed by atoms with van der Waals surface area (Å²) in [6, 6.07) is 11.9. The molecule has 19 heavy (non-hydrogen) atoms. The third kappa shape index (κ3) is 4.20. The number of hydrogen-bond acceptors (Lipinski definition) is 6. The Balaban J connectivity index is 2.08. The highest BCUT2D eigenvalue weighted by Crippen LogP contribution is 2.21. The van der Waals surface area contributed by atoms with Crippen molar-refractivity contribution in [2.75, 3.05) is 12.5 Å². The molecule has 0 unspecified atom stereocenters. The normalized spacial score (nSPS) is 10.4. The first-order chi connectivity index (χ1) is 9.31. The van der Waals surface area contributed by atoms with Crippen LogP contribution in [0.4, 0.5) is 5.82 Å². The van der Waals surface area contributed by atoms with Crippen LogP contribution < -0.4 is 11.3 Å². The Kier molecular flexibility index (Phi) is 5.14. The van der Waals surface area contributed by atoms with Gasteiger partial charge in [0, 0.05) is 18.1 Å². The molecule has 3 N–H and O–H groups in total. The Labute approximate surface area is 116 Å². The van der Waals surface area contributed by atoms with Gasteiger partial charge in [-0.25, -0.2) is 15.8 Å². The lowest BCUT2D eigenvalue weighted by molar-refractivity contribution is 0.181. The number of benzene rings is 1. The van der Waals surface area contributed by atoms with Crippen molar-refractivity contribution in [2.45, 2.75) is 17.3 Å². The van der Waals surface area contributed by atoms with Gasteiger partial charge in [0.25, 0.3) is 0 Å². The van der Waals surface area contributed by atoms with Gasteiger partial charge in [0.2, 0.25) is 0 Å². The van der Waals surface area contributed by atoms with Gasteiger partial charge < -0.3 is 10.2 Å². The number of hydrazine groups is 1. The number of aromatic nitrogens is 2. The predicted molar refractivity (Wildman–Crippen MR) is 76.6 cm³/mol. The summed E-state index contributed by atoms with van der Waals surface area (Å²) in [5, 5.41) is 0. The van der Waals surface area contributed by atoms with Crippen LogP contribution in [0.5, 0.6) is 0 Å². The van der Waals surface area contributed by atoms with E-state index in [0.29, 0.717) is 18.2 Å². The van der Waals surface area contributed by atoms with E-state index in [4.69, 9.17) is 10.6 Å². The summed E-state index contributed by atoms with van der Waals surface area (Å²) in [4.78, 5) is 9.94. The van der Waals surface area contributed by atoms with E-state index in [9.17, 15) is 0 Å². The fourth-order valence-electron chi connectivity index (χ4n) is 1.58. The molecule has 2 rings (SSSR count). The molecule has 0 atom stereocenters. The number of nitrogens with one attached hydrogen (secondary N) is 1. The molecule has 0 radical (unpaired) electrons. The van der Waals surface area contributed by atoms with E-state index in [1.54, 1.807) is 24.9 Å². The van der Waals surface area contributed by atoms with Crippen LogP contribution in [0.2, 0.25) is 0 Å². The van der Waals surface area contributed by atoms with Crippen molar-refractivity contribution in [3.8, 4) is 0 Å². The predicted octanol–water partition coefficient (Wildman–Crippen LogP) is 2.20. The summed E-state index contributed by atoms with van der Waals surface area (Å²) in [6.07, 6.45) is 0. The summed E-state index contributed by atoms with van der Waals surface area (Å²) in [5.74, 6) is 7.43. The van der Waals surface area contributed by atoms with Crippen LogP contribution in [0, 0.1) is 0 Å². The van der Waals surface area contributed by atoms with E-state index in [-0.39, 0.29) is 0 Å². The maximum atomic E-state index is 5.40. The van der Waals surface area contributed by atoms with E-state index in [1.165, 1.54) is 4.90 Å². The fourth-order valence-corrected chi connectivity index (χ4v) is 2.35. The summed E-state index contributed by atoms with van der Waals surface area (Å²) in [6.45, 7) is 0.445. The molecule has 0 aliphatic rings. The van der Waals surface area contributed by atoms with Crippen LogP contribution in [0.25, 0.3) is 0 Å². The minimum Gasteiger partial charge on any atom is -0.378 e. The second-order valence-electron chi connectivity index (χ2n) is 3.84. The highest BCUT2D eigenvalue weighted by molar-refractivity contribution is 7.98. The lowest BCUT2D eigenvalue weighted by Crippen LogP contribution is -2.11. The van der Waals surface area contributed by atoms with Crippen LogP contribution in [-0.2, 0) is 17.1 Å². The van der Waals surface area contributed by atoms with Gasteiger partial charge in [-0.3, -0.25) is 0 Å². The van der Waals surface area contributed by atoms with Gasteiger partial charge in [-0.05, 0) is 12.1 Å².